The van der Waals surface area contributed by atoms with Gasteiger partial charge in [0, 0.05) is 11.5 Å². The third-order valence-electron chi connectivity index (χ3n) is 6.19. The van der Waals surface area contributed by atoms with Crippen LogP contribution in [0.4, 0.5) is 0 Å². The van der Waals surface area contributed by atoms with Crippen molar-refractivity contribution in [2.24, 2.45) is 0 Å². The molecule has 0 bridgehead atoms. The predicted octanol–water partition coefficient (Wildman–Crippen LogP) is 5.77. The molecule has 1 heterocycles. The van der Waals surface area contributed by atoms with Crippen LogP contribution in [-0.2, 0) is 9.59 Å². The summed E-state index contributed by atoms with van der Waals surface area (Å²) in [4.78, 5) is 35.7. The van der Waals surface area contributed by atoms with Gasteiger partial charge in [0.05, 0.1) is 25.2 Å². The second kappa shape index (κ2) is 11.9. The number of benzene rings is 3. The number of methoxy groups -OCH3 is 2. The van der Waals surface area contributed by atoms with Crippen LogP contribution in [0.1, 0.15) is 11.5 Å². The van der Waals surface area contributed by atoms with Crippen molar-refractivity contribution < 1.29 is 28.6 Å². The number of ketones is 2. The molecule has 1 unspecified atom stereocenters. The third kappa shape index (κ3) is 5.72. The van der Waals surface area contributed by atoms with Gasteiger partial charge >= 0.3 is 0 Å². The Bertz CT molecular complexity index is 1640. The summed E-state index contributed by atoms with van der Waals surface area (Å²) in [5, 5.41) is 10.1. The van der Waals surface area contributed by atoms with Gasteiger partial charge in [-0.05, 0) is 53.6 Å². The van der Waals surface area contributed by atoms with Gasteiger partial charge in [0.2, 0.25) is 11.2 Å². The van der Waals surface area contributed by atoms with E-state index in [2.05, 4.69) is 6.58 Å². The fourth-order valence-corrected chi connectivity index (χ4v) is 4.20. The van der Waals surface area contributed by atoms with E-state index in [0.717, 1.165) is 11.1 Å². The first-order chi connectivity index (χ1) is 18.9. The van der Waals surface area contributed by atoms with E-state index in [-0.39, 0.29) is 40.0 Å². The summed E-state index contributed by atoms with van der Waals surface area (Å²) in [6, 6.07) is 19.6. The number of ether oxygens (including phenoxy) is 2. The lowest BCUT2D eigenvalue weighted by atomic mass is 9.86. The van der Waals surface area contributed by atoms with E-state index in [1.165, 1.54) is 43.7 Å². The molecule has 5 rings (SSSR count). The normalized spacial score (nSPS) is 13.2. The molecule has 39 heavy (non-hydrogen) atoms. The first kappa shape index (κ1) is 26.9. The summed E-state index contributed by atoms with van der Waals surface area (Å²) < 4.78 is 15.7. The van der Waals surface area contributed by atoms with E-state index in [1.807, 2.05) is 30.3 Å². The van der Waals surface area contributed by atoms with Crippen LogP contribution in [-0.4, -0.2) is 30.9 Å². The number of aromatic hydroxyl groups is 1. The minimum atomic E-state index is -0.224. The monoisotopic (exact) mass is 522 g/mol. The minimum Gasteiger partial charge on any atom is -0.504 e. The largest absolute Gasteiger partial charge is 0.504 e. The maximum absolute atomic E-state index is 12.6. The van der Waals surface area contributed by atoms with Crippen LogP contribution in [0.15, 0.2) is 119 Å². The molecule has 7 heteroatoms. The summed E-state index contributed by atoms with van der Waals surface area (Å²) in [6.45, 7) is 3.74. The lowest BCUT2D eigenvalue weighted by Crippen LogP contribution is -2.13. The highest BCUT2D eigenvalue weighted by Crippen LogP contribution is 2.34. The van der Waals surface area contributed by atoms with Gasteiger partial charge in [0.1, 0.15) is 12.0 Å². The zero-order chi connectivity index (χ0) is 27.9. The molecule has 0 aliphatic heterocycles. The molecule has 0 spiro atoms. The van der Waals surface area contributed by atoms with Crippen LogP contribution in [0.3, 0.4) is 0 Å². The van der Waals surface area contributed by atoms with E-state index >= 15 is 0 Å². The molecular formula is C32H26O7. The van der Waals surface area contributed by atoms with Gasteiger partial charge < -0.3 is 19.0 Å². The highest BCUT2D eigenvalue weighted by Gasteiger charge is 2.21. The second-order valence-electron chi connectivity index (χ2n) is 8.53. The summed E-state index contributed by atoms with van der Waals surface area (Å²) in [5.74, 6) is 0.282. The molecule has 0 saturated carbocycles. The number of rotatable bonds is 6. The number of allylic oxidation sites excluding steroid dienone is 5. The summed E-state index contributed by atoms with van der Waals surface area (Å²) in [5.41, 5.74) is 2.64. The zero-order valence-electron chi connectivity index (χ0n) is 21.4. The van der Waals surface area contributed by atoms with Crippen molar-refractivity contribution in [3.8, 4) is 28.4 Å². The molecule has 1 aliphatic carbocycles. The minimum absolute atomic E-state index is 0.0738. The maximum Gasteiger partial charge on any atom is 0.204 e. The molecule has 1 N–H and O–H groups in total. The summed E-state index contributed by atoms with van der Waals surface area (Å²) >= 11 is 0. The van der Waals surface area contributed by atoms with E-state index in [1.54, 1.807) is 37.5 Å². The maximum atomic E-state index is 12.6. The first-order valence-electron chi connectivity index (χ1n) is 12.0. The predicted molar refractivity (Wildman–Crippen MR) is 149 cm³/mol. The highest BCUT2D eigenvalue weighted by atomic mass is 16.5. The molecule has 7 nitrogen and oxygen atoms in total. The number of fused-ring (bicyclic) bond motifs is 1. The zero-order valence-corrected chi connectivity index (χ0v) is 21.4. The fourth-order valence-electron chi connectivity index (χ4n) is 4.20. The van der Waals surface area contributed by atoms with Crippen LogP contribution in [0.5, 0.6) is 17.2 Å². The first-order valence-corrected chi connectivity index (χ1v) is 12.0. The Morgan fingerprint density at radius 2 is 1.62 bits per heavy atom. The van der Waals surface area contributed by atoms with Crippen molar-refractivity contribution in [3.05, 3.63) is 125 Å². The molecule has 0 amide bonds. The molecule has 0 fully saturated rings. The molecule has 1 atom stereocenters. The van der Waals surface area contributed by atoms with Crippen LogP contribution in [0.2, 0.25) is 0 Å². The molecule has 0 radical (unpaired) electrons. The highest BCUT2D eigenvalue weighted by molar-refractivity contribution is 6.18. The smallest absolute Gasteiger partial charge is 0.204 e. The standard InChI is InChI=1S/C17H14O5.C15H12O2/c1-20-11-5-3-10(4-6-11)13-9-22-16-12(15(13)19)7-8-14(18)17(16)21-2;1-2-13(11-6-4-3-5-7-11)14-10-12(16)8-9-15(14)17/h3-9,18H,1-2H3;2-10,13H,1H2. The summed E-state index contributed by atoms with van der Waals surface area (Å²) in [7, 11) is 2.99. The van der Waals surface area contributed by atoms with E-state index in [0.29, 0.717) is 22.3 Å². The Hall–Kier alpha value is -5.17. The Labute approximate surface area is 224 Å². The molecule has 1 aliphatic rings. The lowest BCUT2D eigenvalue weighted by Gasteiger charge is -2.16. The van der Waals surface area contributed by atoms with Crippen LogP contribution < -0.4 is 14.9 Å². The van der Waals surface area contributed by atoms with Crippen molar-refractivity contribution in [1.82, 2.24) is 0 Å². The average molecular weight is 523 g/mol. The van der Waals surface area contributed by atoms with Crippen molar-refractivity contribution >= 4 is 22.5 Å². The Kier molecular flexibility index (Phi) is 8.21. The topological polar surface area (TPSA) is 103 Å². The Morgan fingerprint density at radius 3 is 2.26 bits per heavy atom. The number of carbonyl (C=O) groups is 2. The lowest BCUT2D eigenvalue weighted by molar-refractivity contribution is -0.114. The Balaban J connectivity index is 0.000000187. The molecular weight excluding hydrogens is 496 g/mol. The van der Waals surface area contributed by atoms with E-state index in [9.17, 15) is 19.5 Å². The molecule has 1 aromatic heterocycles. The number of phenolic OH excluding ortho intramolecular Hbond substituents is 1. The SMILES string of the molecule is C=CC(C1=CC(=O)C=CC1=O)c1ccccc1.COc1ccc(-c2coc3c(OC)c(O)ccc3c2=O)cc1. The van der Waals surface area contributed by atoms with Gasteiger partial charge in [-0.1, -0.05) is 48.5 Å². The quantitative estimate of drug-likeness (QED) is 0.253. The van der Waals surface area contributed by atoms with Gasteiger partial charge in [0.15, 0.2) is 22.9 Å². The summed E-state index contributed by atoms with van der Waals surface area (Å²) in [6.07, 6.45) is 7.05. The van der Waals surface area contributed by atoms with Gasteiger partial charge in [-0.3, -0.25) is 14.4 Å². The van der Waals surface area contributed by atoms with Crippen molar-refractivity contribution in [2.45, 2.75) is 5.92 Å². The van der Waals surface area contributed by atoms with Gasteiger partial charge in [0.25, 0.3) is 0 Å². The van der Waals surface area contributed by atoms with Crippen LogP contribution in [0, 0.1) is 0 Å². The van der Waals surface area contributed by atoms with Crippen LogP contribution in [0.25, 0.3) is 22.1 Å². The Morgan fingerprint density at radius 1 is 0.897 bits per heavy atom. The molecule has 0 saturated heterocycles. The molecule has 196 valence electrons. The molecule has 3 aromatic carbocycles. The number of hydrogen-bond donors (Lipinski definition) is 1. The number of hydrogen-bond acceptors (Lipinski definition) is 7. The third-order valence-corrected chi connectivity index (χ3v) is 6.19. The molecule has 4 aromatic rings. The van der Waals surface area contributed by atoms with Crippen molar-refractivity contribution in [1.29, 1.82) is 0 Å². The van der Waals surface area contributed by atoms with Crippen LogP contribution >= 0.6 is 0 Å². The average Bonchev–Trinajstić information content (AvgIpc) is 2.96. The van der Waals surface area contributed by atoms with E-state index < -0.39 is 0 Å². The van der Waals surface area contributed by atoms with Gasteiger partial charge in [-0.25, -0.2) is 0 Å². The van der Waals surface area contributed by atoms with E-state index in [4.69, 9.17) is 13.9 Å². The van der Waals surface area contributed by atoms with Crippen molar-refractivity contribution in [2.75, 3.05) is 14.2 Å². The number of phenols is 1. The van der Waals surface area contributed by atoms with Gasteiger partial charge in [-0.15, -0.1) is 6.58 Å². The second-order valence-corrected chi connectivity index (χ2v) is 8.53. The van der Waals surface area contributed by atoms with Gasteiger partial charge in [-0.2, -0.15) is 0 Å². The fraction of sp³-hybridized carbons (Fsp3) is 0.0938. The van der Waals surface area contributed by atoms with Crippen molar-refractivity contribution in [3.63, 3.8) is 0 Å². The number of carbonyl (C=O) groups excluding carboxylic acids is 2.